The summed E-state index contributed by atoms with van der Waals surface area (Å²) in [6, 6.07) is 7.57. The first-order valence-electron chi connectivity index (χ1n) is 8.65. The average molecular weight is 342 g/mol. The van der Waals surface area contributed by atoms with Crippen molar-refractivity contribution in [2.24, 2.45) is 11.3 Å². The molecule has 2 atom stereocenters. The van der Waals surface area contributed by atoms with Crippen molar-refractivity contribution in [2.45, 2.75) is 25.8 Å². The molecule has 6 heteroatoms. The van der Waals surface area contributed by atoms with Gasteiger partial charge in [-0.15, -0.1) is 0 Å². The van der Waals surface area contributed by atoms with Crippen molar-refractivity contribution < 1.29 is 19.1 Å². The molecule has 2 aliphatic rings. The third kappa shape index (κ3) is 2.80. The molecular formula is C19H22N2O4. The van der Waals surface area contributed by atoms with Crippen molar-refractivity contribution in [3.63, 3.8) is 0 Å². The maximum absolute atomic E-state index is 11.8. The molecule has 0 spiro atoms. The zero-order valence-corrected chi connectivity index (χ0v) is 14.3. The Balaban J connectivity index is 1.46. The van der Waals surface area contributed by atoms with Crippen molar-refractivity contribution in [1.82, 2.24) is 9.88 Å². The van der Waals surface area contributed by atoms with E-state index < -0.39 is 11.4 Å². The van der Waals surface area contributed by atoms with Gasteiger partial charge in [0.15, 0.2) is 0 Å². The van der Waals surface area contributed by atoms with Gasteiger partial charge < -0.3 is 14.3 Å². The van der Waals surface area contributed by atoms with E-state index in [9.17, 15) is 9.90 Å². The largest absolute Gasteiger partial charge is 0.497 e. The predicted octanol–water partition coefficient (Wildman–Crippen LogP) is 3.04. The maximum atomic E-state index is 11.8. The molecule has 2 heterocycles. The van der Waals surface area contributed by atoms with Gasteiger partial charge in [-0.25, -0.2) is 4.98 Å². The molecule has 1 N–H and O–H groups in total. The van der Waals surface area contributed by atoms with Crippen LogP contribution in [-0.2, 0) is 11.3 Å². The Morgan fingerprint density at radius 3 is 2.92 bits per heavy atom. The molecule has 1 aliphatic heterocycles. The summed E-state index contributed by atoms with van der Waals surface area (Å²) in [6.45, 7) is 2.07. The topological polar surface area (TPSA) is 75.8 Å². The fraction of sp³-hybridized carbons (Fsp3) is 0.474. The third-order valence-electron chi connectivity index (χ3n) is 5.64. The van der Waals surface area contributed by atoms with Gasteiger partial charge in [0.05, 0.1) is 18.2 Å². The smallest absolute Gasteiger partial charge is 0.311 e. The first-order chi connectivity index (χ1) is 12.1. The Kier molecular flexibility index (Phi) is 4.00. The van der Waals surface area contributed by atoms with Crippen LogP contribution in [0.15, 0.2) is 34.9 Å². The lowest BCUT2D eigenvalue weighted by Gasteiger charge is -2.23. The Bertz CT molecular complexity index is 770. The lowest BCUT2D eigenvalue weighted by Crippen LogP contribution is -2.35. The van der Waals surface area contributed by atoms with E-state index >= 15 is 0 Å². The highest BCUT2D eigenvalue weighted by molar-refractivity contribution is 5.76. The standard InChI is InChI=1S/C19H22N2O4/c1-24-16-6-4-13(5-7-16)17-20-15(11-25-17)10-21-9-14-3-2-8-19(14,12-21)18(22)23/h4-7,11,14H,2-3,8-10,12H2,1H3,(H,22,23)/t14-,19+/m0/s1. The Labute approximate surface area is 146 Å². The summed E-state index contributed by atoms with van der Waals surface area (Å²) < 4.78 is 10.8. The second-order valence-electron chi connectivity index (χ2n) is 7.09. The maximum Gasteiger partial charge on any atom is 0.311 e. The lowest BCUT2D eigenvalue weighted by atomic mass is 9.81. The zero-order valence-electron chi connectivity index (χ0n) is 14.3. The minimum absolute atomic E-state index is 0.262. The molecule has 1 aliphatic carbocycles. The highest BCUT2D eigenvalue weighted by Crippen LogP contribution is 2.49. The molecule has 2 fully saturated rings. The van der Waals surface area contributed by atoms with Crippen LogP contribution in [-0.4, -0.2) is 41.2 Å². The number of ether oxygens (including phenoxy) is 1. The Morgan fingerprint density at radius 2 is 2.24 bits per heavy atom. The van der Waals surface area contributed by atoms with E-state index in [0.29, 0.717) is 19.0 Å². The number of nitrogens with zero attached hydrogens (tertiary/aromatic N) is 2. The summed E-state index contributed by atoms with van der Waals surface area (Å²) in [6.07, 6.45) is 4.50. The van der Waals surface area contributed by atoms with Crippen LogP contribution in [0, 0.1) is 11.3 Å². The number of rotatable bonds is 5. The number of hydrogen-bond donors (Lipinski definition) is 1. The molecule has 4 rings (SSSR count). The third-order valence-corrected chi connectivity index (χ3v) is 5.64. The summed E-state index contributed by atoms with van der Waals surface area (Å²) >= 11 is 0. The van der Waals surface area contributed by atoms with E-state index in [0.717, 1.165) is 42.8 Å². The molecule has 1 saturated carbocycles. The summed E-state index contributed by atoms with van der Waals surface area (Å²) in [7, 11) is 1.63. The summed E-state index contributed by atoms with van der Waals surface area (Å²) in [5, 5.41) is 9.68. The minimum Gasteiger partial charge on any atom is -0.497 e. The summed E-state index contributed by atoms with van der Waals surface area (Å²) in [5.41, 5.74) is 1.18. The molecule has 25 heavy (non-hydrogen) atoms. The number of likely N-dealkylation sites (tertiary alicyclic amines) is 1. The van der Waals surface area contributed by atoms with E-state index in [-0.39, 0.29) is 5.92 Å². The minimum atomic E-state index is -0.642. The monoisotopic (exact) mass is 342 g/mol. The van der Waals surface area contributed by atoms with Crippen LogP contribution in [0.1, 0.15) is 25.0 Å². The molecule has 0 radical (unpaired) electrons. The van der Waals surface area contributed by atoms with Gasteiger partial charge in [0.1, 0.15) is 12.0 Å². The number of carbonyl (C=O) groups is 1. The number of hydrogen-bond acceptors (Lipinski definition) is 5. The molecule has 1 saturated heterocycles. The van der Waals surface area contributed by atoms with Crippen LogP contribution in [0.25, 0.3) is 11.5 Å². The second kappa shape index (κ2) is 6.19. The van der Waals surface area contributed by atoms with Crippen LogP contribution < -0.4 is 4.74 Å². The molecule has 132 valence electrons. The molecular weight excluding hydrogens is 320 g/mol. The van der Waals surface area contributed by atoms with Gasteiger partial charge in [0, 0.05) is 25.2 Å². The van der Waals surface area contributed by atoms with Gasteiger partial charge in [-0.05, 0) is 43.0 Å². The number of aliphatic carboxylic acids is 1. The van der Waals surface area contributed by atoms with Crippen LogP contribution >= 0.6 is 0 Å². The quantitative estimate of drug-likeness (QED) is 0.900. The summed E-state index contributed by atoms with van der Waals surface area (Å²) in [5.74, 6) is 0.984. The van der Waals surface area contributed by atoms with E-state index in [4.69, 9.17) is 9.15 Å². The van der Waals surface area contributed by atoms with E-state index in [1.54, 1.807) is 13.4 Å². The normalized spacial score (nSPS) is 25.9. The van der Waals surface area contributed by atoms with Crippen molar-refractivity contribution in [3.8, 4) is 17.2 Å². The number of methoxy groups -OCH3 is 1. The van der Waals surface area contributed by atoms with Gasteiger partial charge in [0.25, 0.3) is 0 Å². The van der Waals surface area contributed by atoms with E-state index in [2.05, 4.69) is 9.88 Å². The molecule has 0 amide bonds. The molecule has 6 nitrogen and oxygen atoms in total. The average Bonchev–Trinajstić information content (AvgIpc) is 3.29. The predicted molar refractivity (Wildman–Crippen MR) is 91.2 cm³/mol. The number of aromatic nitrogens is 1. The Morgan fingerprint density at radius 1 is 1.44 bits per heavy atom. The van der Waals surface area contributed by atoms with Crippen LogP contribution in [0.2, 0.25) is 0 Å². The summed E-state index contributed by atoms with van der Waals surface area (Å²) in [4.78, 5) is 18.5. The molecule has 1 aromatic heterocycles. The van der Waals surface area contributed by atoms with Crippen LogP contribution in [0.3, 0.4) is 0 Å². The van der Waals surface area contributed by atoms with E-state index in [1.165, 1.54) is 0 Å². The van der Waals surface area contributed by atoms with Gasteiger partial charge in [-0.2, -0.15) is 0 Å². The number of fused-ring (bicyclic) bond motifs is 1. The highest BCUT2D eigenvalue weighted by Gasteiger charge is 2.54. The first-order valence-corrected chi connectivity index (χ1v) is 8.65. The number of oxazole rings is 1. The Hall–Kier alpha value is -2.34. The molecule has 0 unspecified atom stereocenters. The molecule has 1 aromatic carbocycles. The SMILES string of the molecule is COc1ccc(-c2nc(CN3C[C@@H]4CCC[C@@]4(C(=O)O)C3)co2)cc1. The zero-order chi connectivity index (χ0) is 17.4. The number of carboxylic acid groups (broad SMARTS) is 1. The fourth-order valence-corrected chi connectivity index (χ4v) is 4.34. The number of carboxylic acids is 1. The van der Waals surface area contributed by atoms with Gasteiger partial charge in [0.2, 0.25) is 5.89 Å². The highest BCUT2D eigenvalue weighted by atomic mass is 16.5. The second-order valence-corrected chi connectivity index (χ2v) is 7.09. The number of benzene rings is 1. The van der Waals surface area contributed by atoms with Crippen molar-refractivity contribution in [1.29, 1.82) is 0 Å². The van der Waals surface area contributed by atoms with Crippen molar-refractivity contribution in [2.75, 3.05) is 20.2 Å². The molecule has 2 aromatic rings. The van der Waals surface area contributed by atoms with Crippen molar-refractivity contribution in [3.05, 3.63) is 36.2 Å². The van der Waals surface area contributed by atoms with Crippen molar-refractivity contribution >= 4 is 5.97 Å². The van der Waals surface area contributed by atoms with Gasteiger partial charge >= 0.3 is 5.97 Å². The van der Waals surface area contributed by atoms with Gasteiger partial charge in [-0.1, -0.05) is 6.42 Å². The molecule has 0 bridgehead atoms. The van der Waals surface area contributed by atoms with Crippen LogP contribution in [0.4, 0.5) is 0 Å². The van der Waals surface area contributed by atoms with E-state index in [1.807, 2.05) is 24.3 Å². The van der Waals surface area contributed by atoms with Gasteiger partial charge in [-0.3, -0.25) is 9.69 Å². The first kappa shape index (κ1) is 16.1. The lowest BCUT2D eigenvalue weighted by molar-refractivity contribution is -0.149. The fourth-order valence-electron chi connectivity index (χ4n) is 4.34. The van der Waals surface area contributed by atoms with Crippen LogP contribution in [0.5, 0.6) is 5.75 Å².